The third-order valence-corrected chi connectivity index (χ3v) is 3.90. The molecule has 1 aromatic carbocycles. The highest BCUT2D eigenvalue weighted by Gasteiger charge is 2.08. The first-order valence-electron chi connectivity index (χ1n) is 6.31. The molecule has 0 amide bonds. The highest BCUT2D eigenvalue weighted by Crippen LogP contribution is 2.19. The Kier molecular flexibility index (Phi) is 4.43. The van der Waals surface area contributed by atoms with E-state index in [1.807, 2.05) is 37.5 Å². The second kappa shape index (κ2) is 6.06. The van der Waals surface area contributed by atoms with E-state index in [1.165, 1.54) is 17.3 Å². The van der Waals surface area contributed by atoms with E-state index in [2.05, 4.69) is 18.9 Å². The summed E-state index contributed by atoms with van der Waals surface area (Å²) >= 11 is 1.52. The average Bonchev–Trinajstić information content (AvgIpc) is 2.82. The van der Waals surface area contributed by atoms with E-state index in [1.54, 1.807) is 10.9 Å². The Hall–Kier alpha value is -1.55. The van der Waals surface area contributed by atoms with Crippen LogP contribution >= 0.6 is 11.8 Å². The fourth-order valence-electron chi connectivity index (χ4n) is 1.76. The molecule has 2 aromatic rings. The Bertz CT molecular complexity index is 558. The van der Waals surface area contributed by atoms with Crippen LogP contribution in [-0.2, 0) is 7.05 Å². The van der Waals surface area contributed by atoms with Gasteiger partial charge in [0.05, 0.1) is 11.9 Å². The van der Waals surface area contributed by atoms with Crippen LogP contribution in [0.3, 0.4) is 0 Å². The molecule has 0 saturated carbocycles. The molecule has 1 aromatic heterocycles. The van der Waals surface area contributed by atoms with Gasteiger partial charge in [-0.2, -0.15) is 5.10 Å². The van der Waals surface area contributed by atoms with E-state index in [4.69, 9.17) is 0 Å². The number of rotatable bonds is 5. The van der Waals surface area contributed by atoms with Gasteiger partial charge in [0.2, 0.25) is 0 Å². The molecule has 0 aliphatic rings. The van der Waals surface area contributed by atoms with Crippen LogP contribution in [-0.4, -0.2) is 21.3 Å². The molecule has 0 radical (unpaired) electrons. The number of aryl methyl sites for hydroxylation is 1. The summed E-state index contributed by atoms with van der Waals surface area (Å²) < 4.78 is 1.74. The van der Waals surface area contributed by atoms with Crippen LogP contribution < -0.4 is 0 Å². The molecule has 0 fully saturated rings. The molecule has 0 unspecified atom stereocenters. The maximum absolute atomic E-state index is 12.1. The normalized spacial score (nSPS) is 10.9. The zero-order valence-corrected chi connectivity index (χ0v) is 12.3. The van der Waals surface area contributed by atoms with Crippen LogP contribution in [0.5, 0.6) is 0 Å². The first-order chi connectivity index (χ1) is 9.06. The highest BCUT2D eigenvalue weighted by molar-refractivity contribution is 8.00. The number of ketones is 1. The van der Waals surface area contributed by atoms with E-state index in [-0.39, 0.29) is 5.78 Å². The van der Waals surface area contributed by atoms with Crippen molar-refractivity contribution >= 4 is 17.5 Å². The van der Waals surface area contributed by atoms with Gasteiger partial charge in [0, 0.05) is 23.7 Å². The van der Waals surface area contributed by atoms with Gasteiger partial charge in [-0.3, -0.25) is 9.48 Å². The van der Waals surface area contributed by atoms with Crippen molar-refractivity contribution in [2.24, 2.45) is 7.05 Å². The third-order valence-electron chi connectivity index (χ3n) is 2.95. The van der Waals surface area contributed by atoms with Gasteiger partial charge in [-0.15, -0.1) is 11.8 Å². The second-order valence-electron chi connectivity index (χ2n) is 4.84. The van der Waals surface area contributed by atoms with Gasteiger partial charge in [-0.25, -0.2) is 0 Å². The van der Waals surface area contributed by atoms with Crippen LogP contribution in [0.25, 0.3) is 0 Å². The monoisotopic (exact) mass is 274 g/mol. The van der Waals surface area contributed by atoms with Crippen molar-refractivity contribution in [1.82, 2.24) is 9.78 Å². The van der Waals surface area contributed by atoms with Crippen LogP contribution in [0.2, 0.25) is 0 Å². The molecule has 19 heavy (non-hydrogen) atoms. The highest BCUT2D eigenvalue weighted by atomic mass is 32.2. The number of carbonyl (C=O) groups excluding carboxylic acids is 1. The lowest BCUT2D eigenvalue weighted by Gasteiger charge is -2.06. The van der Waals surface area contributed by atoms with E-state index < -0.39 is 0 Å². The molecule has 0 N–H and O–H groups in total. The number of Topliss-reactive ketones (excluding diaryl/α,β-unsaturated/α-hetero) is 1. The lowest BCUT2D eigenvalue weighted by molar-refractivity contribution is 0.102. The Morgan fingerprint density at radius 1 is 1.32 bits per heavy atom. The SMILES string of the molecule is CC(C)c1ccc(C(=O)CSc2cnn(C)c2)cc1. The fourth-order valence-corrected chi connectivity index (χ4v) is 2.57. The van der Waals surface area contributed by atoms with Gasteiger partial charge < -0.3 is 0 Å². The molecule has 3 nitrogen and oxygen atoms in total. The second-order valence-corrected chi connectivity index (χ2v) is 5.89. The molecule has 0 aliphatic heterocycles. The number of thioether (sulfide) groups is 1. The first kappa shape index (κ1) is 13.9. The molecule has 100 valence electrons. The molecule has 2 rings (SSSR count). The molecule has 0 saturated heterocycles. The summed E-state index contributed by atoms with van der Waals surface area (Å²) in [4.78, 5) is 13.1. The van der Waals surface area contributed by atoms with Crippen LogP contribution in [0, 0.1) is 0 Å². The Balaban J connectivity index is 1.96. The summed E-state index contributed by atoms with van der Waals surface area (Å²) in [5.74, 6) is 1.10. The predicted octanol–water partition coefficient (Wildman–Crippen LogP) is 3.52. The van der Waals surface area contributed by atoms with Gasteiger partial charge in [-0.1, -0.05) is 38.1 Å². The standard InChI is InChI=1S/C15H18N2OS/c1-11(2)12-4-6-13(7-5-12)15(18)10-19-14-8-16-17(3)9-14/h4-9,11H,10H2,1-3H3. The van der Waals surface area contributed by atoms with Gasteiger partial charge in [0.1, 0.15) is 0 Å². The minimum absolute atomic E-state index is 0.157. The van der Waals surface area contributed by atoms with Gasteiger partial charge in [0.15, 0.2) is 5.78 Å². The molecule has 0 bridgehead atoms. The van der Waals surface area contributed by atoms with Crippen LogP contribution in [0.15, 0.2) is 41.6 Å². The topological polar surface area (TPSA) is 34.9 Å². The number of benzene rings is 1. The summed E-state index contributed by atoms with van der Waals surface area (Å²) in [7, 11) is 1.87. The molecule has 0 aliphatic carbocycles. The van der Waals surface area contributed by atoms with E-state index in [9.17, 15) is 4.79 Å². The number of nitrogens with zero attached hydrogens (tertiary/aromatic N) is 2. The van der Waals surface area contributed by atoms with Gasteiger partial charge in [0.25, 0.3) is 0 Å². The maximum Gasteiger partial charge on any atom is 0.173 e. The van der Waals surface area contributed by atoms with E-state index in [0.29, 0.717) is 11.7 Å². The van der Waals surface area contributed by atoms with E-state index in [0.717, 1.165) is 10.5 Å². The minimum atomic E-state index is 0.157. The van der Waals surface area contributed by atoms with Crippen LogP contribution in [0.1, 0.15) is 35.7 Å². The van der Waals surface area contributed by atoms with Crippen molar-refractivity contribution in [2.45, 2.75) is 24.7 Å². The molecule has 0 atom stereocenters. The minimum Gasteiger partial charge on any atom is -0.293 e. The Labute approximate surface area is 118 Å². The zero-order chi connectivity index (χ0) is 13.8. The molecular weight excluding hydrogens is 256 g/mol. The smallest absolute Gasteiger partial charge is 0.173 e. The van der Waals surface area contributed by atoms with Crippen molar-refractivity contribution < 1.29 is 4.79 Å². The third kappa shape index (κ3) is 3.70. The lowest BCUT2D eigenvalue weighted by atomic mass is 10.0. The van der Waals surface area contributed by atoms with Crippen molar-refractivity contribution in [3.8, 4) is 0 Å². The number of carbonyl (C=O) groups is 1. The van der Waals surface area contributed by atoms with Gasteiger partial charge >= 0.3 is 0 Å². The molecule has 0 spiro atoms. The predicted molar refractivity (Wildman–Crippen MR) is 78.8 cm³/mol. The van der Waals surface area contributed by atoms with Crippen molar-refractivity contribution in [3.05, 3.63) is 47.8 Å². The lowest BCUT2D eigenvalue weighted by Crippen LogP contribution is -2.02. The quantitative estimate of drug-likeness (QED) is 0.618. The molecular formula is C15H18N2OS. The van der Waals surface area contributed by atoms with Crippen molar-refractivity contribution in [3.63, 3.8) is 0 Å². The number of hydrogen-bond acceptors (Lipinski definition) is 3. The number of hydrogen-bond donors (Lipinski definition) is 0. The summed E-state index contributed by atoms with van der Waals surface area (Å²) in [5.41, 5.74) is 2.04. The summed E-state index contributed by atoms with van der Waals surface area (Å²) in [5, 5.41) is 4.08. The number of aromatic nitrogens is 2. The summed E-state index contributed by atoms with van der Waals surface area (Å²) in [6, 6.07) is 7.90. The Morgan fingerprint density at radius 3 is 2.53 bits per heavy atom. The summed E-state index contributed by atoms with van der Waals surface area (Å²) in [6.45, 7) is 4.30. The largest absolute Gasteiger partial charge is 0.293 e. The fraction of sp³-hybridized carbons (Fsp3) is 0.333. The molecule has 1 heterocycles. The van der Waals surface area contributed by atoms with E-state index >= 15 is 0 Å². The van der Waals surface area contributed by atoms with Gasteiger partial charge in [-0.05, 0) is 11.5 Å². The van der Waals surface area contributed by atoms with Crippen LogP contribution in [0.4, 0.5) is 0 Å². The maximum atomic E-state index is 12.1. The van der Waals surface area contributed by atoms with Crippen molar-refractivity contribution in [2.75, 3.05) is 5.75 Å². The summed E-state index contributed by atoms with van der Waals surface area (Å²) in [6.07, 6.45) is 3.69. The average molecular weight is 274 g/mol. The zero-order valence-electron chi connectivity index (χ0n) is 11.5. The first-order valence-corrected chi connectivity index (χ1v) is 7.29. The molecule has 4 heteroatoms. The Morgan fingerprint density at radius 2 is 2.00 bits per heavy atom. The van der Waals surface area contributed by atoms with Crippen molar-refractivity contribution in [1.29, 1.82) is 0 Å².